The average molecular weight is 170 g/mol. The molecule has 1 heterocycles. The number of piperidine rings is 1. The summed E-state index contributed by atoms with van der Waals surface area (Å²) >= 11 is 0. The van der Waals surface area contributed by atoms with Crippen molar-refractivity contribution >= 4 is 5.91 Å². The minimum atomic E-state index is -0.121. The van der Waals surface area contributed by atoms with E-state index >= 15 is 0 Å². The molecule has 1 aliphatic heterocycles. The van der Waals surface area contributed by atoms with Gasteiger partial charge in [0.05, 0.1) is 0 Å². The third kappa shape index (κ3) is 1.97. The number of carbonyl (C=O) groups excluding carboxylic acids is 1. The molecule has 3 heteroatoms. The molecular formula is C9H18N2O. The predicted molar refractivity (Wildman–Crippen MR) is 48.7 cm³/mol. The minimum Gasteiger partial charge on any atom is -0.341 e. The number of nitrogens with zero attached hydrogens (tertiary/aromatic N) is 1. The Kier molecular flexibility index (Phi) is 2.73. The number of carbonyl (C=O) groups is 1. The van der Waals surface area contributed by atoms with Crippen molar-refractivity contribution in [2.24, 2.45) is 5.73 Å². The smallest absolute Gasteiger partial charge is 0.219 e. The fraction of sp³-hybridized carbons (Fsp3) is 0.889. The normalized spacial score (nSPS) is 30.4. The van der Waals surface area contributed by atoms with Crippen molar-refractivity contribution in [2.75, 3.05) is 13.1 Å². The highest BCUT2D eigenvalue weighted by Gasteiger charge is 2.30. The largest absolute Gasteiger partial charge is 0.341 e. The third-order valence-corrected chi connectivity index (χ3v) is 2.76. The second-order valence-electron chi connectivity index (χ2n) is 3.76. The van der Waals surface area contributed by atoms with Gasteiger partial charge in [-0.25, -0.2) is 0 Å². The summed E-state index contributed by atoms with van der Waals surface area (Å²) in [6, 6.07) is 0. The molecule has 1 rings (SSSR count). The Labute approximate surface area is 73.9 Å². The highest BCUT2D eigenvalue weighted by Crippen LogP contribution is 2.21. The molecule has 0 aliphatic carbocycles. The molecule has 0 saturated carbocycles. The maximum Gasteiger partial charge on any atom is 0.219 e. The zero-order valence-electron chi connectivity index (χ0n) is 7.97. The predicted octanol–water partition coefficient (Wildman–Crippen LogP) is 0.736. The van der Waals surface area contributed by atoms with E-state index in [2.05, 4.69) is 6.92 Å². The molecule has 12 heavy (non-hydrogen) atoms. The van der Waals surface area contributed by atoms with Crippen molar-refractivity contribution in [3.05, 3.63) is 0 Å². The molecule has 1 amide bonds. The average Bonchev–Trinajstić information content (AvgIpc) is 2.05. The van der Waals surface area contributed by atoms with E-state index < -0.39 is 0 Å². The van der Waals surface area contributed by atoms with Crippen molar-refractivity contribution < 1.29 is 4.79 Å². The standard InChI is InChI=1S/C9H18N2O/c1-3-9(10)5-4-6-11(7-9)8(2)12/h3-7,10H2,1-2H3. The first kappa shape index (κ1) is 9.52. The Morgan fingerprint density at radius 1 is 1.67 bits per heavy atom. The van der Waals surface area contributed by atoms with Gasteiger partial charge in [-0.1, -0.05) is 6.92 Å². The lowest BCUT2D eigenvalue weighted by Crippen LogP contribution is -2.54. The first-order chi connectivity index (χ1) is 5.57. The first-order valence-electron chi connectivity index (χ1n) is 4.62. The molecule has 0 aromatic rings. The summed E-state index contributed by atoms with van der Waals surface area (Å²) in [6.45, 7) is 5.32. The SMILES string of the molecule is CCC1(N)CCCN(C(C)=O)C1. The van der Waals surface area contributed by atoms with Gasteiger partial charge in [0, 0.05) is 25.6 Å². The van der Waals surface area contributed by atoms with Crippen LogP contribution in [0.2, 0.25) is 0 Å². The Hall–Kier alpha value is -0.570. The molecule has 0 aromatic heterocycles. The third-order valence-electron chi connectivity index (χ3n) is 2.76. The van der Waals surface area contributed by atoms with Crippen LogP contribution in [0.5, 0.6) is 0 Å². The van der Waals surface area contributed by atoms with Crippen LogP contribution in [0.3, 0.4) is 0 Å². The van der Waals surface area contributed by atoms with Gasteiger partial charge in [0.1, 0.15) is 0 Å². The van der Waals surface area contributed by atoms with Crippen molar-refractivity contribution in [1.82, 2.24) is 4.90 Å². The second-order valence-corrected chi connectivity index (χ2v) is 3.76. The second kappa shape index (κ2) is 3.44. The Morgan fingerprint density at radius 2 is 2.33 bits per heavy atom. The van der Waals surface area contributed by atoms with E-state index in [1.165, 1.54) is 0 Å². The van der Waals surface area contributed by atoms with Crippen LogP contribution in [0, 0.1) is 0 Å². The van der Waals surface area contributed by atoms with E-state index in [0.717, 1.165) is 32.4 Å². The quantitative estimate of drug-likeness (QED) is 0.630. The van der Waals surface area contributed by atoms with Crippen LogP contribution in [0.25, 0.3) is 0 Å². The van der Waals surface area contributed by atoms with E-state index in [1.54, 1.807) is 6.92 Å². The zero-order chi connectivity index (χ0) is 9.19. The molecule has 1 aliphatic rings. The fourth-order valence-corrected chi connectivity index (χ4v) is 1.72. The Balaban J connectivity index is 2.57. The van der Waals surface area contributed by atoms with Crippen molar-refractivity contribution in [3.8, 4) is 0 Å². The van der Waals surface area contributed by atoms with Gasteiger partial charge in [-0.2, -0.15) is 0 Å². The molecule has 0 aromatic carbocycles. The summed E-state index contributed by atoms with van der Waals surface area (Å²) in [6.07, 6.45) is 3.05. The lowest BCUT2D eigenvalue weighted by atomic mass is 9.88. The maximum atomic E-state index is 11.1. The molecule has 0 bridgehead atoms. The molecule has 1 saturated heterocycles. The molecule has 1 fully saturated rings. The number of rotatable bonds is 1. The fourth-order valence-electron chi connectivity index (χ4n) is 1.72. The minimum absolute atomic E-state index is 0.121. The van der Waals surface area contributed by atoms with Crippen LogP contribution >= 0.6 is 0 Å². The number of likely N-dealkylation sites (tertiary alicyclic amines) is 1. The van der Waals surface area contributed by atoms with Crippen molar-refractivity contribution in [1.29, 1.82) is 0 Å². The van der Waals surface area contributed by atoms with E-state index in [0.29, 0.717) is 0 Å². The van der Waals surface area contributed by atoms with Crippen molar-refractivity contribution in [3.63, 3.8) is 0 Å². The highest BCUT2D eigenvalue weighted by molar-refractivity contribution is 5.73. The van der Waals surface area contributed by atoms with Crippen LogP contribution in [0.4, 0.5) is 0 Å². The summed E-state index contributed by atoms with van der Waals surface area (Å²) in [7, 11) is 0. The number of amides is 1. The molecule has 0 radical (unpaired) electrons. The van der Waals surface area contributed by atoms with Crippen LogP contribution in [0.15, 0.2) is 0 Å². The van der Waals surface area contributed by atoms with E-state index in [1.807, 2.05) is 4.90 Å². The van der Waals surface area contributed by atoms with Gasteiger partial charge in [0.15, 0.2) is 0 Å². The highest BCUT2D eigenvalue weighted by atomic mass is 16.2. The summed E-state index contributed by atoms with van der Waals surface area (Å²) < 4.78 is 0. The van der Waals surface area contributed by atoms with E-state index in [4.69, 9.17) is 5.73 Å². The van der Waals surface area contributed by atoms with Crippen LogP contribution < -0.4 is 5.73 Å². The van der Waals surface area contributed by atoms with Gasteiger partial charge in [-0.15, -0.1) is 0 Å². The summed E-state index contributed by atoms with van der Waals surface area (Å²) in [5.74, 6) is 0.151. The first-order valence-corrected chi connectivity index (χ1v) is 4.62. The molecule has 1 unspecified atom stereocenters. The van der Waals surface area contributed by atoms with Gasteiger partial charge in [-0.05, 0) is 19.3 Å². The van der Waals surface area contributed by atoms with Gasteiger partial charge in [-0.3, -0.25) is 4.79 Å². The van der Waals surface area contributed by atoms with Crippen LogP contribution in [-0.4, -0.2) is 29.4 Å². The van der Waals surface area contributed by atoms with Crippen molar-refractivity contribution in [2.45, 2.75) is 38.6 Å². The molecule has 2 N–H and O–H groups in total. The van der Waals surface area contributed by atoms with E-state index in [9.17, 15) is 4.79 Å². The molecule has 70 valence electrons. The van der Waals surface area contributed by atoms with Gasteiger partial charge in [0.2, 0.25) is 5.91 Å². The van der Waals surface area contributed by atoms with Crippen LogP contribution in [-0.2, 0) is 4.79 Å². The molecule has 1 atom stereocenters. The summed E-state index contributed by atoms with van der Waals surface area (Å²) in [5, 5.41) is 0. The Bertz CT molecular complexity index is 181. The molecule has 0 spiro atoms. The lowest BCUT2D eigenvalue weighted by molar-refractivity contribution is -0.131. The lowest BCUT2D eigenvalue weighted by Gasteiger charge is -2.39. The van der Waals surface area contributed by atoms with Gasteiger partial charge in [0.25, 0.3) is 0 Å². The number of hydrogen-bond acceptors (Lipinski definition) is 2. The Morgan fingerprint density at radius 3 is 2.83 bits per heavy atom. The zero-order valence-corrected chi connectivity index (χ0v) is 7.97. The number of nitrogens with two attached hydrogens (primary N) is 1. The number of hydrogen-bond donors (Lipinski definition) is 1. The van der Waals surface area contributed by atoms with E-state index in [-0.39, 0.29) is 11.4 Å². The van der Waals surface area contributed by atoms with Gasteiger partial charge >= 0.3 is 0 Å². The van der Waals surface area contributed by atoms with Crippen LogP contribution in [0.1, 0.15) is 33.1 Å². The van der Waals surface area contributed by atoms with Gasteiger partial charge < -0.3 is 10.6 Å². The molecule has 3 nitrogen and oxygen atoms in total. The summed E-state index contributed by atoms with van der Waals surface area (Å²) in [5.41, 5.74) is 5.97. The topological polar surface area (TPSA) is 46.3 Å². The summed E-state index contributed by atoms with van der Waals surface area (Å²) in [4.78, 5) is 12.9. The maximum absolute atomic E-state index is 11.1. The monoisotopic (exact) mass is 170 g/mol. The molecular weight excluding hydrogens is 152 g/mol.